The van der Waals surface area contributed by atoms with Crippen molar-refractivity contribution in [3.05, 3.63) is 29.8 Å². The Labute approximate surface area is 382 Å². The summed E-state index contributed by atoms with van der Waals surface area (Å²) in [6, 6.07) is 3.04. The van der Waals surface area contributed by atoms with Gasteiger partial charge in [-0.05, 0) is 55.8 Å². The fraction of sp³-hybridized carbons (Fsp3) is 0.591. The molecule has 0 unspecified atom stereocenters. The van der Waals surface area contributed by atoms with Crippen LogP contribution in [0.3, 0.4) is 0 Å². The van der Waals surface area contributed by atoms with E-state index in [1.807, 2.05) is 0 Å². The first-order valence-corrected chi connectivity index (χ1v) is 21.9. The Hall–Kier alpha value is -6.58. The molecule has 1 saturated heterocycles. The Morgan fingerprint density at radius 1 is 0.864 bits per heavy atom. The zero-order chi connectivity index (χ0) is 49.7. The molecule has 7 atom stereocenters. The van der Waals surface area contributed by atoms with Crippen molar-refractivity contribution in [2.45, 2.75) is 103 Å². The van der Waals surface area contributed by atoms with E-state index in [9.17, 15) is 62.6 Å². The quantitative estimate of drug-likeness (QED) is 0.0706. The zero-order valence-corrected chi connectivity index (χ0v) is 37.8. The third kappa shape index (κ3) is 19.7. The summed E-state index contributed by atoms with van der Waals surface area (Å²) in [4.78, 5) is 159. The number of hydrogen-bond acceptors (Lipinski definition) is 14. The van der Waals surface area contributed by atoms with Gasteiger partial charge >= 0.3 is 0 Å². The van der Waals surface area contributed by atoms with Crippen LogP contribution in [0.25, 0.3) is 0 Å². The maximum absolute atomic E-state index is 14.1. The number of nitrogens with two attached hydrogens (primary N) is 4. The average molecular weight is 928 g/mol. The van der Waals surface area contributed by atoms with E-state index in [2.05, 4.69) is 21.3 Å². The number of Topliss-reactive ketones (excluding diaryl/α,β-unsaturated/α-hetero) is 4. The van der Waals surface area contributed by atoms with E-state index in [1.54, 1.807) is 26.0 Å². The molecule has 22 nitrogen and oxygen atoms in total. The van der Waals surface area contributed by atoms with Crippen LogP contribution in [0, 0.1) is 29.6 Å². The first-order valence-electron chi connectivity index (χ1n) is 21.9. The lowest BCUT2D eigenvalue weighted by Crippen LogP contribution is -2.50. The largest absolute Gasteiger partial charge is 0.508 e. The molecule has 2 rings (SSSR count). The Balaban J connectivity index is 2.58. The number of ketones is 4. The van der Waals surface area contributed by atoms with E-state index in [-0.39, 0.29) is 50.8 Å². The predicted octanol–water partition coefficient (Wildman–Crippen LogP) is -2.29. The Morgan fingerprint density at radius 3 is 2.11 bits per heavy atom. The highest BCUT2D eigenvalue weighted by Gasteiger charge is 2.36. The molecular weight excluding hydrogens is 863 g/mol. The fourth-order valence-corrected chi connectivity index (χ4v) is 7.44. The summed E-state index contributed by atoms with van der Waals surface area (Å²) >= 11 is 0. The van der Waals surface area contributed by atoms with Gasteiger partial charge in [-0.1, -0.05) is 32.4 Å². The average Bonchev–Trinajstić information content (AvgIpc) is 3.25. The molecular formula is C44H65N9O13. The highest BCUT2D eigenvalue weighted by atomic mass is 16.3. The van der Waals surface area contributed by atoms with Crippen molar-refractivity contribution in [2.75, 3.05) is 33.2 Å². The van der Waals surface area contributed by atoms with E-state index >= 15 is 0 Å². The van der Waals surface area contributed by atoms with Crippen LogP contribution in [0.5, 0.6) is 5.75 Å². The van der Waals surface area contributed by atoms with Crippen molar-refractivity contribution in [3.8, 4) is 5.75 Å². The maximum atomic E-state index is 14.1. The number of nitrogens with one attached hydrogen (secondary N) is 4. The van der Waals surface area contributed by atoms with Gasteiger partial charge in [0.15, 0.2) is 23.1 Å². The van der Waals surface area contributed by atoms with Gasteiger partial charge in [-0.25, -0.2) is 0 Å². The van der Waals surface area contributed by atoms with Crippen LogP contribution in [-0.4, -0.2) is 126 Å². The summed E-state index contributed by atoms with van der Waals surface area (Å²) < 4.78 is 0. The third-order valence-electron chi connectivity index (χ3n) is 11.4. The molecule has 0 bridgehead atoms. The van der Waals surface area contributed by atoms with E-state index < -0.39 is 164 Å². The lowest BCUT2D eigenvalue weighted by Gasteiger charge is -2.28. The number of phenolic OH excluding ortho intramolecular Hbond substituents is 1. The topological polar surface area (TPSA) is 381 Å². The second-order valence-corrected chi connectivity index (χ2v) is 16.9. The van der Waals surface area contributed by atoms with Gasteiger partial charge in [-0.2, -0.15) is 0 Å². The molecule has 22 heteroatoms. The molecule has 13 N–H and O–H groups in total. The van der Waals surface area contributed by atoms with Gasteiger partial charge < -0.3 is 54.2 Å². The second kappa shape index (κ2) is 27.7. The standard InChI is InChI=1S/C44H65N9O13/c1-4-24(2)40-35(58)18-26(7-11-36(46)59)42(64)51-33(20-37(47)60)34(57)19-28(44(66)53(3)23-32(56)16-27(13-14-45)41(63)50-22-38(48)61)8-12-39(62)49-21-31(55)17-29(43(65)52-40)15-25-5-9-30(54)10-6-25/h5-6,9-10,24,26-29,33,40,54H,4,7-8,11-23,45H2,1-3H3,(H2,46,59)(H2,47,60)(H2,48,61)(H,49,62)(H,50,63)(H,51,64)(H,52,65)/t24-,26+,27+,28+,29+,33-,40-/m0/s1. The summed E-state index contributed by atoms with van der Waals surface area (Å²) in [6.07, 6.45) is -3.80. The van der Waals surface area contributed by atoms with Crippen LogP contribution >= 0.6 is 0 Å². The fourth-order valence-electron chi connectivity index (χ4n) is 7.44. The first kappa shape index (κ1) is 55.6. The van der Waals surface area contributed by atoms with Crippen LogP contribution < -0.4 is 44.2 Å². The van der Waals surface area contributed by atoms with Gasteiger partial charge in [0, 0.05) is 69.2 Å². The molecule has 0 radical (unpaired) electrons. The van der Waals surface area contributed by atoms with Crippen molar-refractivity contribution in [1.82, 2.24) is 26.2 Å². The number of hydrogen-bond donors (Lipinski definition) is 9. The van der Waals surface area contributed by atoms with Crippen LogP contribution in [0.4, 0.5) is 0 Å². The van der Waals surface area contributed by atoms with Crippen molar-refractivity contribution < 1.29 is 62.6 Å². The molecule has 8 amide bonds. The van der Waals surface area contributed by atoms with Gasteiger partial charge in [0.05, 0.1) is 38.1 Å². The van der Waals surface area contributed by atoms with Gasteiger partial charge in [0.25, 0.3) is 0 Å². The van der Waals surface area contributed by atoms with Crippen LogP contribution in [0.2, 0.25) is 0 Å². The van der Waals surface area contributed by atoms with Crippen LogP contribution in [-0.2, 0) is 64.0 Å². The Morgan fingerprint density at radius 2 is 1.52 bits per heavy atom. The van der Waals surface area contributed by atoms with Crippen molar-refractivity contribution in [3.63, 3.8) is 0 Å². The highest BCUT2D eigenvalue weighted by molar-refractivity contribution is 5.99. The molecule has 66 heavy (non-hydrogen) atoms. The molecule has 0 spiro atoms. The molecule has 364 valence electrons. The number of carbonyl (C=O) groups excluding carboxylic acids is 12. The summed E-state index contributed by atoms with van der Waals surface area (Å²) in [5.74, 6) is -14.5. The normalized spacial score (nSPS) is 21.5. The highest BCUT2D eigenvalue weighted by Crippen LogP contribution is 2.23. The summed E-state index contributed by atoms with van der Waals surface area (Å²) in [7, 11) is 1.24. The monoisotopic (exact) mass is 927 g/mol. The molecule has 1 aliphatic heterocycles. The lowest BCUT2D eigenvalue weighted by molar-refractivity contribution is -0.141. The van der Waals surface area contributed by atoms with Gasteiger partial charge in [-0.3, -0.25) is 57.5 Å². The molecule has 0 aliphatic carbocycles. The Bertz CT molecular complexity index is 1960. The molecule has 1 aromatic carbocycles. The smallest absolute Gasteiger partial charge is 0.236 e. The number of rotatable bonds is 19. The number of aromatic hydroxyl groups is 1. The SMILES string of the molecule is CC[C@H](C)[C@@H]1NC(=O)[C@H](Cc2ccc(O)cc2)CC(=O)CNC(=O)CC[C@@H](C(=O)N(C)CC(=O)C[C@@H](CCN)C(=O)NCC(N)=O)CC(=O)[C@H](CC(N)=O)NC(=O)[C@H](CCC(N)=O)CC1=O. The van der Waals surface area contributed by atoms with Gasteiger partial charge in [0.2, 0.25) is 47.3 Å². The number of amides is 8. The van der Waals surface area contributed by atoms with Gasteiger partial charge in [-0.15, -0.1) is 0 Å². The first-order chi connectivity index (χ1) is 31.0. The van der Waals surface area contributed by atoms with Gasteiger partial charge in [0.1, 0.15) is 5.75 Å². The maximum Gasteiger partial charge on any atom is 0.236 e. The summed E-state index contributed by atoms with van der Waals surface area (Å²) in [5, 5.41) is 19.8. The minimum Gasteiger partial charge on any atom is -0.508 e. The van der Waals surface area contributed by atoms with E-state index in [0.717, 1.165) is 4.90 Å². The third-order valence-corrected chi connectivity index (χ3v) is 11.4. The lowest BCUT2D eigenvalue weighted by atomic mass is 9.86. The minimum atomic E-state index is -1.66. The molecule has 1 heterocycles. The number of nitrogens with zero attached hydrogens (tertiary/aromatic N) is 1. The van der Waals surface area contributed by atoms with E-state index in [4.69, 9.17) is 22.9 Å². The molecule has 0 saturated carbocycles. The molecule has 1 fully saturated rings. The van der Waals surface area contributed by atoms with Crippen LogP contribution in [0.1, 0.15) is 90.0 Å². The number of phenols is 1. The summed E-state index contributed by atoms with van der Waals surface area (Å²) in [5.41, 5.74) is 22.2. The molecule has 1 aliphatic rings. The number of benzene rings is 1. The van der Waals surface area contributed by atoms with Crippen molar-refractivity contribution in [1.29, 1.82) is 0 Å². The number of likely N-dealkylation sites (N-methyl/N-ethyl adjacent to an activating group) is 1. The summed E-state index contributed by atoms with van der Waals surface area (Å²) in [6.45, 7) is 1.87. The number of primary amides is 3. The number of carbonyl (C=O) groups is 12. The van der Waals surface area contributed by atoms with Crippen molar-refractivity contribution >= 4 is 70.4 Å². The second-order valence-electron chi connectivity index (χ2n) is 16.9. The van der Waals surface area contributed by atoms with Crippen molar-refractivity contribution in [2.24, 2.45) is 52.5 Å². The predicted molar refractivity (Wildman–Crippen MR) is 236 cm³/mol. The van der Waals surface area contributed by atoms with E-state index in [0.29, 0.717) is 12.0 Å². The minimum absolute atomic E-state index is 0.00800. The van der Waals surface area contributed by atoms with Crippen LogP contribution in [0.15, 0.2) is 24.3 Å². The Kier molecular flexibility index (Phi) is 23.3. The molecule has 1 aromatic rings. The zero-order valence-electron chi connectivity index (χ0n) is 37.8. The van der Waals surface area contributed by atoms with E-state index in [1.165, 1.54) is 19.2 Å². The molecule has 0 aromatic heterocycles.